The maximum atomic E-state index is 4.38. The molecule has 0 radical (unpaired) electrons. The fourth-order valence-corrected chi connectivity index (χ4v) is 2.67. The molecule has 0 spiro atoms. The number of hydrogen-bond acceptors (Lipinski definition) is 1. The van der Waals surface area contributed by atoms with Gasteiger partial charge in [0, 0.05) is 17.1 Å². The molecule has 0 atom stereocenters. The van der Waals surface area contributed by atoms with Gasteiger partial charge in [-0.25, -0.2) is 4.98 Å². The Bertz CT molecular complexity index is 503. The number of halogens is 2. The zero-order valence-corrected chi connectivity index (χ0v) is 11.6. The summed E-state index contributed by atoms with van der Waals surface area (Å²) >= 11 is 6.95. The predicted octanol–water partition coefficient (Wildman–Crippen LogP) is 3.92. The Kier molecular flexibility index (Phi) is 2.98. The van der Waals surface area contributed by atoms with Crippen molar-refractivity contribution < 1.29 is 0 Å². The lowest BCUT2D eigenvalue weighted by Gasteiger charge is -2.04. The highest BCUT2D eigenvalue weighted by Crippen LogP contribution is 2.29. The van der Waals surface area contributed by atoms with Gasteiger partial charge >= 0.3 is 0 Å². The fourth-order valence-electron chi connectivity index (χ4n) is 1.52. The largest absolute Gasteiger partial charge is 0.330 e. The van der Waals surface area contributed by atoms with Crippen molar-refractivity contribution in [3.05, 3.63) is 39.2 Å². The molecule has 78 valence electrons. The van der Waals surface area contributed by atoms with Crippen LogP contribution < -0.4 is 0 Å². The first-order valence-corrected chi connectivity index (χ1v) is 6.13. The van der Waals surface area contributed by atoms with Crippen LogP contribution in [-0.2, 0) is 7.05 Å². The molecule has 4 heteroatoms. The minimum absolute atomic E-state index is 0.889. The molecule has 2 nitrogen and oxygen atoms in total. The van der Waals surface area contributed by atoms with E-state index >= 15 is 0 Å². The first-order chi connectivity index (χ1) is 7.09. The molecule has 0 amide bonds. The van der Waals surface area contributed by atoms with Crippen molar-refractivity contribution in [2.24, 2.45) is 7.05 Å². The van der Waals surface area contributed by atoms with E-state index in [4.69, 9.17) is 0 Å². The Morgan fingerprint density at radius 3 is 2.53 bits per heavy atom. The first-order valence-electron chi connectivity index (χ1n) is 4.54. The van der Waals surface area contributed by atoms with Crippen molar-refractivity contribution in [2.75, 3.05) is 0 Å². The summed E-state index contributed by atoms with van der Waals surface area (Å²) in [7, 11) is 2.02. The fraction of sp³-hybridized carbons (Fsp3) is 0.182. The van der Waals surface area contributed by atoms with Crippen LogP contribution in [0.5, 0.6) is 0 Å². The molecule has 0 unspecified atom stereocenters. The van der Waals surface area contributed by atoms with Crippen LogP contribution in [0.25, 0.3) is 11.3 Å². The first kappa shape index (κ1) is 10.9. The van der Waals surface area contributed by atoms with Crippen molar-refractivity contribution >= 4 is 31.9 Å². The van der Waals surface area contributed by atoms with Crippen LogP contribution in [0.15, 0.2) is 33.3 Å². The second-order valence-corrected chi connectivity index (χ2v) is 5.03. The van der Waals surface area contributed by atoms with Crippen LogP contribution >= 0.6 is 31.9 Å². The van der Waals surface area contributed by atoms with E-state index < -0.39 is 0 Å². The van der Waals surface area contributed by atoms with Crippen LogP contribution in [0.2, 0.25) is 0 Å². The molecule has 0 bridgehead atoms. The molecule has 0 saturated heterocycles. The van der Waals surface area contributed by atoms with Gasteiger partial charge in [-0.2, -0.15) is 0 Å². The summed E-state index contributed by atoms with van der Waals surface area (Å²) in [4.78, 5) is 4.38. The molecule has 15 heavy (non-hydrogen) atoms. The van der Waals surface area contributed by atoms with E-state index in [1.807, 2.05) is 26.1 Å². The maximum Gasteiger partial charge on any atom is 0.132 e. The highest BCUT2D eigenvalue weighted by molar-refractivity contribution is 9.10. The van der Waals surface area contributed by atoms with Gasteiger partial charge in [-0.05, 0) is 35.0 Å². The minimum Gasteiger partial charge on any atom is -0.330 e. The summed E-state index contributed by atoms with van der Waals surface area (Å²) < 4.78 is 4.04. The molecule has 0 aliphatic rings. The monoisotopic (exact) mass is 328 g/mol. The molecule has 0 aliphatic heterocycles. The lowest BCUT2D eigenvalue weighted by molar-refractivity contribution is 0.865. The zero-order valence-electron chi connectivity index (χ0n) is 8.46. The van der Waals surface area contributed by atoms with E-state index in [0.717, 1.165) is 26.2 Å². The van der Waals surface area contributed by atoms with Crippen molar-refractivity contribution in [3.63, 3.8) is 0 Å². The Morgan fingerprint density at radius 1 is 1.27 bits per heavy atom. The smallest absolute Gasteiger partial charge is 0.132 e. The maximum absolute atomic E-state index is 4.38. The highest BCUT2D eigenvalue weighted by atomic mass is 79.9. The van der Waals surface area contributed by atoms with Crippen LogP contribution in [0, 0.1) is 6.92 Å². The summed E-state index contributed by atoms with van der Waals surface area (Å²) in [6.45, 7) is 1.99. The molecule has 0 fully saturated rings. The number of nitrogens with zero attached hydrogens (tertiary/aromatic N) is 2. The second kappa shape index (κ2) is 4.10. The third-order valence-electron chi connectivity index (χ3n) is 2.37. The number of aromatic nitrogens is 2. The molecule has 2 aromatic rings. The average Bonchev–Trinajstić information content (AvgIpc) is 2.41. The summed E-state index contributed by atoms with van der Waals surface area (Å²) in [5.74, 6) is 0.997. The predicted molar refractivity (Wildman–Crippen MR) is 68.8 cm³/mol. The molecule has 1 aromatic heterocycles. The second-order valence-electron chi connectivity index (χ2n) is 3.37. The van der Waals surface area contributed by atoms with E-state index in [1.54, 1.807) is 0 Å². The van der Waals surface area contributed by atoms with Crippen molar-refractivity contribution in [1.82, 2.24) is 9.55 Å². The number of hydrogen-bond donors (Lipinski definition) is 0. The summed E-state index contributed by atoms with van der Waals surface area (Å²) in [5.41, 5.74) is 2.26. The van der Waals surface area contributed by atoms with Gasteiger partial charge in [0.2, 0.25) is 0 Å². The third kappa shape index (κ3) is 2.01. The molecule has 0 aliphatic carbocycles. The van der Waals surface area contributed by atoms with Crippen molar-refractivity contribution in [3.8, 4) is 11.3 Å². The van der Waals surface area contributed by atoms with Gasteiger partial charge < -0.3 is 4.57 Å². The Balaban J connectivity index is 2.63. The number of rotatable bonds is 1. The summed E-state index contributed by atoms with van der Waals surface area (Å²) in [5, 5.41) is 0. The standard InChI is InChI=1S/C11H10Br2N2/c1-7-14-11(13)10(15(7)2)8-4-3-5-9(12)6-8/h3-6H,1-2H3. The van der Waals surface area contributed by atoms with Crippen molar-refractivity contribution in [2.45, 2.75) is 6.92 Å². The van der Waals surface area contributed by atoms with Gasteiger partial charge in [0.05, 0.1) is 5.69 Å². The molecule has 0 saturated carbocycles. The van der Waals surface area contributed by atoms with E-state index in [0.29, 0.717) is 0 Å². The molecular weight excluding hydrogens is 320 g/mol. The molecule has 2 rings (SSSR count). The molecule has 1 aromatic carbocycles. The summed E-state index contributed by atoms with van der Waals surface area (Å²) in [6, 6.07) is 8.20. The SMILES string of the molecule is Cc1nc(Br)c(-c2cccc(Br)c2)n1C. The Morgan fingerprint density at radius 2 is 2.00 bits per heavy atom. The molecular formula is C11H10Br2N2. The average molecular weight is 330 g/mol. The van der Waals surface area contributed by atoms with Gasteiger partial charge in [0.15, 0.2) is 0 Å². The van der Waals surface area contributed by atoms with Crippen LogP contribution in [0.4, 0.5) is 0 Å². The van der Waals surface area contributed by atoms with Crippen molar-refractivity contribution in [1.29, 1.82) is 0 Å². The van der Waals surface area contributed by atoms with Crippen LogP contribution in [0.3, 0.4) is 0 Å². The van der Waals surface area contributed by atoms with E-state index in [2.05, 4.69) is 53.5 Å². The lowest BCUT2D eigenvalue weighted by Crippen LogP contribution is -1.94. The molecule has 1 heterocycles. The Labute approximate surface area is 106 Å². The quantitative estimate of drug-likeness (QED) is 0.775. The van der Waals surface area contributed by atoms with Gasteiger partial charge in [0.1, 0.15) is 10.4 Å². The number of imidazole rings is 1. The number of aryl methyl sites for hydroxylation is 1. The lowest BCUT2D eigenvalue weighted by atomic mass is 10.2. The van der Waals surface area contributed by atoms with Gasteiger partial charge in [-0.3, -0.25) is 0 Å². The van der Waals surface area contributed by atoms with E-state index in [9.17, 15) is 0 Å². The highest BCUT2D eigenvalue weighted by Gasteiger charge is 2.11. The van der Waals surface area contributed by atoms with Crippen LogP contribution in [-0.4, -0.2) is 9.55 Å². The third-order valence-corrected chi connectivity index (χ3v) is 3.42. The van der Waals surface area contributed by atoms with Crippen LogP contribution in [0.1, 0.15) is 5.82 Å². The normalized spacial score (nSPS) is 10.7. The van der Waals surface area contributed by atoms with Gasteiger partial charge in [-0.1, -0.05) is 28.1 Å². The van der Waals surface area contributed by atoms with Gasteiger partial charge in [0.25, 0.3) is 0 Å². The minimum atomic E-state index is 0.889. The molecule has 0 N–H and O–H groups in total. The topological polar surface area (TPSA) is 17.8 Å². The Hall–Kier alpha value is -0.610. The zero-order chi connectivity index (χ0) is 11.0. The number of benzene rings is 1. The summed E-state index contributed by atoms with van der Waals surface area (Å²) in [6.07, 6.45) is 0. The van der Waals surface area contributed by atoms with E-state index in [1.165, 1.54) is 0 Å². The van der Waals surface area contributed by atoms with Gasteiger partial charge in [-0.15, -0.1) is 0 Å². The van der Waals surface area contributed by atoms with E-state index in [-0.39, 0.29) is 0 Å².